The van der Waals surface area contributed by atoms with Crippen LogP contribution in [0.15, 0.2) is 30.5 Å². The van der Waals surface area contributed by atoms with Gasteiger partial charge in [-0.2, -0.15) is 5.10 Å². The van der Waals surface area contributed by atoms with E-state index in [2.05, 4.69) is 20.8 Å². The molecule has 6 heteroatoms. The number of carbonyl (C=O) groups is 1. The molecular weight excluding hydrogens is 268 g/mol. The summed E-state index contributed by atoms with van der Waals surface area (Å²) in [7, 11) is 1.60. The number of benzene rings is 1. The smallest absolute Gasteiger partial charge is 0.319 e. The minimum absolute atomic E-state index is 0.128. The van der Waals surface area contributed by atoms with Crippen molar-refractivity contribution >= 4 is 11.7 Å². The topological polar surface area (TPSA) is 79.0 Å². The number of nitrogens with zero attached hydrogens (tertiary/aromatic N) is 1. The second-order valence-corrected chi connectivity index (χ2v) is 5.14. The predicted octanol–water partition coefficient (Wildman–Crippen LogP) is 2.10. The summed E-state index contributed by atoms with van der Waals surface area (Å²) >= 11 is 0. The first-order chi connectivity index (χ1) is 10.2. The number of ether oxygens (including phenoxy) is 1. The van der Waals surface area contributed by atoms with Gasteiger partial charge in [0.2, 0.25) is 0 Å². The average Bonchev–Trinajstić information content (AvgIpc) is 2.95. The number of hydrogen-bond acceptors (Lipinski definition) is 3. The summed E-state index contributed by atoms with van der Waals surface area (Å²) in [4.78, 5) is 12.0. The van der Waals surface area contributed by atoms with E-state index in [0.29, 0.717) is 11.4 Å². The summed E-state index contributed by atoms with van der Waals surface area (Å²) in [6.07, 6.45) is 4.52. The molecule has 0 spiro atoms. The van der Waals surface area contributed by atoms with Crippen molar-refractivity contribution in [1.29, 1.82) is 0 Å². The molecule has 1 aliphatic carbocycles. The zero-order valence-electron chi connectivity index (χ0n) is 11.8. The maximum atomic E-state index is 12.0. The molecule has 1 aromatic heterocycles. The molecule has 0 saturated heterocycles. The lowest BCUT2D eigenvalue weighted by Crippen LogP contribution is -2.41. The first-order valence-electron chi connectivity index (χ1n) is 6.97. The maximum absolute atomic E-state index is 12.0. The van der Waals surface area contributed by atoms with Crippen LogP contribution < -0.4 is 15.4 Å². The number of carbonyl (C=O) groups excluding carboxylic acids is 1. The lowest BCUT2D eigenvalue weighted by molar-refractivity contribution is 0.247. The minimum atomic E-state index is -0.198. The Morgan fingerprint density at radius 3 is 3.24 bits per heavy atom. The minimum Gasteiger partial charge on any atom is -0.497 e. The molecule has 0 aliphatic heterocycles. The van der Waals surface area contributed by atoms with Gasteiger partial charge in [0.15, 0.2) is 0 Å². The second-order valence-electron chi connectivity index (χ2n) is 5.14. The summed E-state index contributed by atoms with van der Waals surface area (Å²) in [6, 6.07) is 7.22. The Hall–Kier alpha value is -2.50. The zero-order chi connectivity index (χ0) is 14.7. The van der Waals surface area contributed by atoms with Gasteiger partial charge in [-0.05, 0) is 30.5 Å². The van der Waals surface area contributed by atoms with Crippen LogP contribution in [0, 0.1) is 0 Å². The van der Waals surface area contributed by atoms with E-state index in [4.69, 9.17) is 4.74 Å². The number of nitrogens with one attached hydrogen (secondary N) is 3. The van der Waals surface area contributed by atoms with E-state index in [1.807, 2.05) is 24.4 Å². The Labute approximate surface area is 122 Å². The van der Waals surface area contributed by atoms with Gasteiger partial charge in [0.1, 0.15) is 5.75 Å². The van der Waals surface area contributed by atoms with E-state index in [0.717, 1.165) is 25.0 Å². The molecule has 1 atom stereocenters. The van der Waals surface area contributed by atoms with E-state index in [1.54, 1.807) is 13.2 Å². The van der Waals surface area contributed by atoms with E-state index in [-0.39, 0.29) is 12.1 Å². The zero-order valence-corrected chi connectivity index (χ0v) is 11.8. The number of anilines is 1. The van der Waals surface area contributed by atoms with Gasteiger partial charge in [-0.3, -0.25) is 5.10 Å². The maximum Gasteiger partial charge on any atom is 0.319 e. The van der Waals surface area contributed by atoms with E-state index in [1.165, 1.54) is 5.56 Å². The fourth-order valence-corrected chi connectivity index (χ4v) is 2.58. The number of methoxy groups -OCH3 is 1. The monoisotopic (exact) mass is 286 g/mol. The van der Waals surface area contributed by atoms with Gasteiger partial charge in [-0.15, -0.1) is 0 Å². The average molecular weight is 286 g/mol. The van der Waals surface area contributed by atoms with Crippen LogP contribution in [0.1, 0.15) is 17.7 Å². The molecule has 1 unspecified atom stereocenters. The normalized spacial score (nSPS) is 16.9. The largest absolute Gasteiger partial charge is 0.497 e. The molecule has 6 nitrogen and oxygen atoms in total. The van der Waals surface area contributed by atoms with Gasteiger partial charge < -0.3 is 15.4 Å². The van der Waals surface area contributed by atoms with E-state index < -0.39 is 0 Å². The fraction of sp³-hybridized carbons (Fsp3) is 0.333. The van der Waals surface area contributed by atoms with Crippen LogP contribution >= 0.6 is 0 Å². The Bertz CT molecular complexity index is 638. The van der Waals surface area contributed by atoms with E-state index in [9.17, 15) is 4.79 Å². The third-order valence-electron chi connectivity index (χ3n) is 3.68. The fourth-order valence-electron chi connectivity index (χ4n) is 2.58. The van der Waals surface area contributed by atoms with Gasteiger partial charge >= 0.3 is 6.03 Å². The number of aryl methyl sites for hydroxylation is 1. The molecular formula is C15H18N4O2. The van der Waals surface area contributed by atoms with Crippen molar-refractivity contribution in [3.8, 4) is 5.75 Å². The standard InChI is InChI=1S/C15H18N4O2/c1-21-13-4-2-3-11(7-13)17-15(20)18-12-6-5-10-9-16-19-14(10)8-12/h2-4,7,9,12H,5-6,8H2,1H3,(H,16,19)(H2,17,18,20). The number of hydrogen-bond donors (Lipinski definition) is 3. The summed E-state index contributed by atoms with van der Waals surface area (Å²) in [5, 5.41) is 12.8. The van der Waals surface area contributed by atoms with Crippen molar-refractivity contribution in [2.24, 2.45) is 0 Å². The number of rotatable bonds is 3. The van der Waals surface area contributed by atoms with Crippen molar-refractivity contribution in [1.82, 2.24) is 15.5 Å². The van der Waals surface area contributed by atoms with Gasteiger partial charge in [-0.1, -0.05) is 6.07 Å². The SMILES string of the molecule is COc1cccc(NC(=O)NC2CCc3cn[nH]c3C2)c1. The van der Waals surface area contributed by atoms with Gasteiger partial charge in [0.25, 0.3) is 0 Å². The van der Waals surface area contributed by atoms with Crippen LogP contribution in [-0.4, -0.2) is 29.4 Å². The van der Waals surface area contributed by atoms with Crippen LogP contribution in [0.4, 0.5) is 10.5 Å². The molecule has 110 valence electrons. The Balaban J connectivity index is 1.57. The van der Waals surface area contributed by atoms with Crippen molar-refractivity contribution in [2.45, 2.75) is 25.3 Å². The third-order valence-corrected chi connectivity index (χ3v) is 3.68. The van der Waals surface area contributed by atoms with Gasteiger partial charge in [0.05, 0.1) is 13.3 Å². The summed E-state index contributed by atoms with van der Waals surface area (Å²) in [6.45, 7) is 0. The number of amides is 2. The molecule has 0 bridgehead atoms. The highest BCUT2D eigenvalue weighted by atomic mass is 16.5. The molecule has 3 N–H and O–H groups in total. The van der Waals surface area contributed by atoms with Crippen molar-refractivity contribution in [3.05, 3.63) is 41.7 Å². The molecule has 0 fully saturated rings. The molecule has 3 rings (SSSR count). The summed E-state index contributed by atoms with van der Waals surface area (Å²) in [5.74, 6) is 0.715. The first-order valence-corrected chi connectivity index (χ1v) is 6.97. The number of fused-ring (bicyclic) bond motifs is 1. The molecule has 1 aliphatic rings. The Morgan fingerprint density at radius 1 is 1.48 bits per heavy atom. The highest BCUT2D eigenvalue weighted by molar-refractivity contribution is 5.89. The second kappa shape index (κ2) is 5.87. The molecule has 0 saturated carbocycles. The van der Waals surface area contributed by atoms with E-state index >= 15 is 0 Å². The van der Waals surface area contributed by atoms with Gasteiger partial charge in [0, 0.05) is 29.9 Å². The van der Waals surface area contributed by atoms with Crippen LogP contribution in [0.3, 0.4) is 0 Å². The van der Waals surface area contributed by atoms with Crippen LogP contribution in [0.25, 0.3) is 0 Å². The lowest BCUT2D eigenvalue weighted by atomic mass is 9.94. The quantitative estimate of drug-likeness (QED) is 0.808. The molecule has 2 aromatic rings. The molecule has 2 amide bonds. The van der Waals surface area contributed by atoms with Crippen molar-refractivity contribution < 1.29 is 9.53 Å². The van der Waals surface area contributed by atoms with Crippen LogP contribution in [0.2, 0.25) is 0 Å². The van der Waals surface area contributed by atoms with Crippen LogP contribution in [0.5, 0.6) is 5.75 Å². The molecule has 1 heterocycles. The number of H-pyrrole nitrogens is 1. The first kappa shape index (κ1) is 13.5. The Kier molecular flexibility index (Phi) is 3.77. The number of aromatic amines is 1. The van der Waals surface area contributed by atoms with Crippen molar-refractivity contribution in [3.63, 3.8) is 0 Å². The predicted molar refractivity (Wildman–Crippen MR) is 79.5 cm³/mol. The van der Waals surface area contributed by atoms with Gasteiger partial charge in [-0.25, -0.2) is 4.79 Å². The Morgan fingerprint density at radius 2 is 2.38 bits per heavy atom. The van der Waals surface area contributed by atoms with Crippen LogP contribution in [-0.2, 0) is 12.8 Å². The highest BCUT2D eigenvalue weighted by Crippen LogP contribution is 2.19. The third kappa shape index (κ3) is 3.16. The molecule has 1 aromatic carbocycles. The molecule has 0 radical (unpaired) electrons. The number of urea groups is 1. The highest BCUT2D eigenvalue weighted by Gasteiger charge is 2.21. The summed E-state index contributed by atoms with van der Waals surface area (Å²) < 4.78 is 5.13. The lowest BCUT2D eigenvalue weighted by Gasteiger charge is -2.23. The molecule has 21 heavy (non-hydrogen) atoms. The van der Waals surface area contributed by atoms with Crippen molar-refractivity contribution in [2.75, 3.05) is 12.4 Å². The number of aromatic nitrogens is 2. The summed E-state index contributed by atoms with van der Waals surface area (Å²) in [5.41, 5.74) is 3.08.